The molecule has 0 spiro atoms. The lowest BCUT2D eigenvalue weighted by Gasteiger charge is -2.13. The van der Waals surface area contributed by atoms with Crippen molar-refractivity contribution in [3.05, 3.63) is 29.3 Å². The van der Waals surface area contributed by atoms with Gasteiger partial charge in [0.25, 0.3) is 0 Å². The van der Waals surface area contributed by atoms with Crippen molar-refractivity contribution in [3.8, 4) is 5.75 Å². The van der Waals surface area contributed by atoms with Crippen molar-refractivity contribution in [2.24, 2.45) is 10.7 Å². The molecule has 0 aliphatic heterocycles. The van der Waals surface area contributed by atoms with Crippen LogP contribution in [0, 0.1) is 19.8 Å². The second-order valence-corrected chi connectivity index (χ2v) is 6.54. The molecule has 23 heavy (non-hydrogen) atoms. The number of rotatable bonds is 8. The Kier molecular flexibility index (Phi) is 8.21. The Morgan fingerprint density at radius 3 is 2.35 bits per heavy atom. The van der Waals surface area contributed by atoms with Crippen LogP contribution in [0.5, 0.6) is 5.75 Å². The minimum atomic E-state index is -2.32. The largest absolute Gasteiger partial charge is 0.575 e. The van der Waals surface area contributed by atoms with Gasteiger partial charge in [0.15, 0.2) is 11.8 Å². The van der Waals surface area contributed by atoms with E-state index in [-0.39, 0.29) is 0 Å². The number of ether oxygens (including phenoxy) is 1. The monoisotopic (exact) mass is 339 g/mol. The molecule has 0 radical (unpaired) electrons. The lowest BCUT2D eigenvalue weighted by atomic mass is 10.1. The van der Waals surface area contributed by atoms with E-state index < -0.39 is 20.2 Å². The molecule has 0 saturated carbocycles. The second kappa shape index (κ2) is 9.64. The molecule has 0 N–H and O–H groups in total. The van der Waals surface area contributed by atoms with Crippen molar-refractivity contribution in [1.29, 1.82) is 0 Å². The van der Waals surface area contributed by atoms with Crippen molar-refractivity contribution >= 4 is 14.1 Å². The van der Waals surface area contributed by atoms with Crippen LogP contribution < -0.4 is 9.42 Å². The van der Waals surface area contributed by atoms with Crippen LogP contribution in [-0.2, 0) is 9.53 Å². The van der Waals surface area contributed by atoms with Crippen LogP contribution in [0.3, 0.4) is 0 Å². The summed E-state index contributed by atoms with van der Waals surface area (Å²) in [5.41, 5.74) is 1.76. The first-order chi connectivity index (χ1) is 10.9. The molecule has 6 heteroatoms. The maximum atomic E-state index is 12.0. The van der Waals surface area contributed by atoms with Gasteiger partial charge in [0, 0.05) is 0 Å². The zero-order chi connectivity index (χ0) is 17.4. The van der Waals surface area contributed by atoms with Crippen LogP contribution in [0.2, 0.25) is 0 Å². The van der Waals surface area contributed by atoms with Gasteiger partial charge in [-0.25, -0.2) is 4.79 Å². The van der Waals surface area contributed by atoms with Crippen molar-refractivity contribution < 1.29 is 18.9 Å². The first-order valence-corrected chi connectivity index (χ1v) is 9.10. The van der Waals surface area contributed by atoms with Crippen LogP contribution >= 0.6 is 8.17 Å². The first-order valence-electron chi connectivity index (χ1n) is 7.97. The topological polar surface area (TPSA) is 71.0 Å². The molecule has 1 unspecified atom stereocenters. The van der Waals surface area contributed by atoms with E-state index in [0.717, 1.165) is 24.0 Å². The fourth-order valence-electron chi connectivity index (χ4n) is 2.08. The van der Waals surface area contributed by atoms with Gasteiger partial charge >= 0.3 is 14.1 Å². The Morgan fingerprint density at radius 1 is 1.26 bits per heavy atom. The predicted molar refractivity (Wildman–Crippen MR) is 90.4 cm³/mol. The minimum Gasteiger partial charge on any atom is -0.575 e. The molecule has 1 aromatic rings. The van der Waals surface area contributed by atoms with E-state index in [1.807, 2.05) is 32.0 Å². The van der Waals surface area contributed by atoms with Crippen LogP contribution in [-0.4, -0.2) is 18.6 Å². The van der Waals surface area contributed by atoms with Gasteiger partial charge in [-0.3, -0.25) is 4.52 Å². The van der Waals surface area contributed by atoms with Crippen LogP contribution in [0.1, 0.15) is 44.7 Å². The van der Waals surface area contributed by atoms with Crippen LogP contribution in [0.15, 0.2) is 22.9 Å². The predicted octanol–water partition coefficient (Wildman–Crippen LogP) is 3.91. The highest BCUT2D eigenvalue weighted by Crippen LogP contribution is 2.30. The Hall–Kier alpha value is -1.45. The molecular formula is C17H26NO4P. The number of benzene rings is 1. The summed E-state index contributed by atoms with van der Waals surface area (Å²) in [7, 11) is -2.32. The molecule has 5 nitrogen and oxygen atoms in total. The Bertz CT molecular complexity index is 535. The lowest BCUT2D eigenvalue weighted by Crippen LogP contribution is -2.21. The molecule has 0 aromatic heterocycles. The highest BCUT2D eigenvalue weighted by atomic mass is 31.1. The van der Waals surface area contributed by atoms with E-state index in [1.54, 1.807) is 6.92 Å². The number of aryl methyl sites for hydroxylation is 2. The third-order valence-corrected chi connectivity index (χ3v) is 4.68. The zero-order valence-electron chi connectivity index (χ0n) is 14.5. The molecule has 0 amide bonds. The number of hydrogen-bond donors (Lipinski definition) is 0. The summed E-state index contributed by atoms with van der Waals surface area (Å²) in [5, 5.41) is 0. The van der Waals surface area contributed by atoms with Crippen LogP contribution in [0.25, 0.3) is 0 Å². The molecule has 0 aliphatic rings. The van der Waals surface area contributed by atoms with Crippen LogP contribution in [0.4, 0.5) is 0 Å². The van der Waals surface area contributed by atoms with E-state index in [1.165, 1.54) is 0 Å². The number of para-hydroxylation sites is 1. The summed E-state index contributed by atoms with van der Waals surface area (Å²) in [6.45, 7) is 9.81. The summed E-state index contributed by atoms with van der Waals surface area (Å²) >= 11 is 0. The number of esters is 1. The normalized spacial score (nSPS) is 13.1. The van der Waals surface area contributed by atoms with Gasteiger partial charge in [-0.15, -0.1) is 0 Å². The van der Waals surface area contributed by atoms with Gasteiger partial charge < -0.3 is 9.63 Å². The second-order valence-electron chi connectivity index (χ2n) is 5.65. The lowest BCUT2D eigenvalue weighted by molar-refractivity contribution is -0.169. The summed E-state index contributed by atoms with van der Waals surface area (Å²) in [5.74, 6) is 0.436. The third kappa shape index (κ3) is 6.28. The van der Waals surface area contributed by atoms with Gasteiger partial charge in [-0.05, 0) is 37.8 Å². The number of carbonyl (C=O) groups excluding carboxylic acids is 1. The van der Waals surface area contributed by atoms with Crippen molar-refractivity contribution in [2.75, 3.05) is 6.61 Å². The number of carbonyl (C=O) groups is 1. The number of hydrogen-bond acceptors (Lipinski definition) is 5. The maximum absolute atomic E-state index is 12.0. The smallest absolute Gasteiger partial charge is 0.395 e. The highest BCUT2D eigenvalue weighted by Gasteiger charge is 2.20. The Morgan fingerprint density at radius 2 is 1.83 bits per heavy atom. The highest BCUT2D eigenvalue weighted by molar-refractivity contribution is 7.34. The van der Waals surface area contributed by atoms with Gasteiger partial charge in [-0.2, -0.15) is 0 Å². The average molecular weight is 339 g/mol. The van der Waals surface area contributed by atoms with Gasteiger partial charge in [0.1, 0.15) is 0 Å². The fourth-order valence-corrected chi connectivity index (χ4v) is 2.95. The fraction of sp³-hybridized carbons (Fsp3) is 0.588. The maximum Gasteiger partial charge on any atom is 0.395 e. The molecule has 1 rings (SSSR count). The van der Waals surface area contributed by atoms with E-state index in [0.29, 0.717) is 18.3 Å². The molecule has 0 fully saturated rings. The molecule has 2 atom stereocenters. The first kappa shape index (κ1) is 19.6. The summed E-state index contributed by atoms with van der Waals surface area (Å²) in [4.78, 5) is 23.9. The van der Waals surface area contributed by atoms with Gasteiger partial charge in [0.05, 0.1) is 6.61 Å². The average Bonchev–Trinajstić information content (AvgIpc) is 2.51. The summed E-state index contributed by atoms with van der Waals surface area (Å²) < 4.78 is 14.5. The van der Waals surface area contributed by atoms with Gasteiger partial charge in [0.2, 0.25) is 0 Å². The zero-order valence-corrected chi connectivity index (χ0v) is 15.4. The quantitative estimate of drug-likeness (QED) is 0.532. The van der Waals surface area contributed by atoms with Gasteiger partial charge in [-0.1, -0.05) is 49.6 Å². The summed E-state index contributed by atoms with van der Waals surface area (Å²) in [6, 6.07) is 4.84. The molecule has 1 aromatic carbocycles. The summed E-state index contributed by atoms with van der Waals surface area (Å²) in [6.07, 6.45) is 1.92. The van der Waals surface area contributed by atoms with E-state index >= 15 is 0 Å². The molecular weight excluding hydrogens is 313 g/mol. The van der Waals surface area contributed by atoms with Crippen molar-refractivity contribution in [2.45, 2.75) is 53.5 Å². The Balaban J connectivity index is 2.64. The SMILES string of the molecule is CCC(CC)COC(=O)[C@H](C)N=[P+]([O-])Oc1c(C)cccc1C. The third-order valence-electron chi connectivity index (χ3n) is 3.80. The van der Waals surface area contributed by atoms with E-state index in [9.17, 15) is 9.69 Å². The standard InChI is InChI=1S/C17H26NO4P/c1-6-15(7-2)11-21-17(19)14(5)18-23(20)22-16-12(3)9-8-10-13(16)4/h8-10,14-15H,6-7,11H2,1-5H3/t14-/m0/s1. The number of nitrogens with zero attached hydrogens (tertiary/aromatic N) is 1. The molecule has 0 bridgehead atoms. The molecule has 128 valence electrons. The molecule has 0 aliphatic carbocycles. The van der Waals surface area contributed by atoms with E-state index in [2.05, 4.69) is 18.6 Å². The van der Waals surface area contributed by atoms with E-state index in [4.69, 9.17) is 9.26 Å². The Labute approximate surface area is 139 Å². The molecule has 0 saturated heterocycles. The molecule has 0 heterocycles. The van der Waals surface area contributed by atoms with Crippen molar-refractivity contribution in [3.63, 3.8) is 0 Å². The minimum absolute atomic E-state index is 0.353. The van der Waals surface area contributed by atoms with Crippen molar-refractivity contribution in [1.82, 2.24) is 0 Å².